The molecular weight excluding hydrogens is 270 g/mol. The van der Waals surface area contributed by atoms with Gasteiger partial charge in [0.25, 0.3) is 5.91 Å². The molecule has 2 rings (SSSR count). The highest BCUT2D eigenvalue weighted by Gasteiger charge is 2.13. The lowest BCUT2D eigenvalue weighted by Crippen LogP contribution is -2.16. The summed E-state index contributed by atoms with van der Waals surface area (Å²) in [6.07, 6.45) is 1.99. The van der Waals surface area contributed by atoms with Crippen LogP contribution in [0.5, 0.6) is 0 Å². The van der Waals surface area contributed by atoms with Crippen LogP contribution < -0.4 is 5.32 Å². The molecule has 4 nitrogen and oxygen atoms in total. The molecule has 1 amide bonds. The van der Waals surface area contributed by atoms with E-state index in [0.717, 1.165) is 16.4 Å². The topological polar surface area (TPSA) is 46.9 Å². The summed E-state index contributed by atoms with van der Waals surface area (Å²) in [5.41, 5.74) is 1.55. The standard InChI is InChI=1S/C15H19N3OS/c1-10(2)18-14(8-11(3)17-18)16-15(19)12-6-5-7-13(9-12)20-4/h5-10H,1-4H3,(H,16,19). The Morgan fingerprint density at radius 1 is 1.35 bits per heavy atom. The smallest absolute Gasteiger partial charge is 0.256 e. The average Bonchev–Trinajstić information content (AvgIpc) is 2.80. The molecule has 1 heterocycles. The zero-order valence-corrected chi connectivity index (χ0v) is 13.0. The van der Waals surface area contributed by atoms with Crippen LogP contribution >= 0.6 is 11.8 Å². The van der Waals surface area contributed by atoms with Crippen molar-refractivity contribution in [2.75, 3.05) is 11.6 Å². The summed E-state index contributed by atoms with van der Waals surface area (Å²) >= 11 is 1.62. The van der Waals surface area contributed by atoms with Gasteiger partial charge in [-0.25, -0.2) is 4.68 Å². The number of nitrogens with one attached hydrogen (secondary N) is 1. The van der Waals surface area contributed by atoms with Crippen molar-refractivity contribution in [1.82, 2.24) is 9.78 Å². The molecule has 0 spiro atoms. The first-order valence-corrected chi connectivity index (χ1v) is 7.75. The Kier molecular flexibility index (Phi) is 4.49. The number of thioether (sulfide) groups is 1. The monoisotopic (exact) mass is 289 g/mol. The SMILES string of the molecule is CSc1cccc(C(=O)Nc2cc(C)nn2C(C)C)c1. The number of hydrogen-bond donors (Lipinski definition) is 1. The van der Waals surface area contributed by atoms with E-state index in [1.807, 2.05) is 62.0 Å². The molecule has 20 heavy (non-hydrogen) atoms. The third kappa shape index (κ3) is 3.22. The Hall–Kier alpha value is -1.75. The van der Waals surface area contributed by atoms with Crippen LogP contribution in [0, 0.1) is 6.92 Å². The zero-order chi connectivity index (χ0) is 14.7. The van der Waals surface area contributed by atoms with Gasteiger partial charge in [-0.1, -0.05) is 6.07 Å². The molecule has 106 valence electrons. The van der Waals surface area contributed by atoms with Crippen molar-refractivity contribution in [3.05, 3.63) is 41.6 Å². The molecule has 1 N–H and O–H groups in total. The van der Waals surface area contributed by atoms with Crippen LogP contribution in [0.25, 0.3) is 0 Å². The van der Waals surface area contributed by atoms with E-state index in [1.165, 1.54) is 0 Å². The molecule has 0 aliphatic rings. The molecule has 0 unspecified atom stereocenters. The van der Waals surface area contributed by atoms with Gasteiger partial charge in [0.15, 0.2) is 0 Å². The molecule has 0 radical (unpaired) electrons. The Labute approximate surface area is 123 Å². The summed E-state index contributed by atoms with van der Waals surface area (Å²) in [6, 6.07) is 9.68. The summed E-state index contributed by atoms with van der Waals surface area (Å²) in [5.74, 6) is 0.625. The van der Waals surface area contributed by atoms with Crippen LogP contribution in [0.1, 0.15) is 35.9 Å². The van der Waals surface area contributed by atoms with E-state index in [1.54, 1.807) is 11.8 Å². The molecule has 5 heteroatoms. The molecule has 1 aromatic heterocycles. The van der Waals surface area contributed by atoms with Crippen molar-refractivity contribution in [1.29, 1.82) is 0 Å². The number of carbonyl (C=O) groups is 1. The Balaban J connectivity index is 2.23. The van der Waals surface area contributed by atoms with E-state index in [-0.39, 0.29) is 11.9 Å². The maximum Gasteiger partial charge on any atom is 0.256 e. The Morgan fingerprint density at radius 3 is 2.75 bits per heavy atom. The number of hydrogen-bond acceptors (Lipinski definition) is 3. The first-order chi connectivity index (χ1) is 9.51. The van der Waals surface area contributed by atoms with Crippen LogP contribution in [0.4, 0.5) is 5.82 Å². The average molecular weight is 289 g/mol. The fourth-order valence-corrected chi connectivity index (χ4v) is 2.42. The third-order valence-corrected chi connectivity index (χ3v) is 3.65. The lowest BCUT2D eigenvalue weighted by Gasteiger charge is -2.12. The van der Waals surface area contributed by atoms with Gasteiger partial charge in [0, 0.05) is 22.6 Å². The number of anilines is 1. The van der Waals surface area contributed by atoms with Gasteiger partial charge in [0.1, 0.15) is 5.82 Å². The number of carbonyl (C=O) groups excluding carboxylic acids is 1. The van der Waals surface area contributed by atoms with Gasteiger partial charge >= 0.3 is 0 Å². The van der Waals surface area contributed by atoms with Crippen LogP contribution in [0.2, 0.25) is 0 Å². The van der Waals surface area contributed by atoms with Gasteiger partial charge in [-0.05, 0) is 45.2 Å². The van der Waals surface area contributed by atoms with E-state index in [0.29, 0.717) is 5.56 Å². The summed E-state index contributed by atoms with van der Waals surface area (Å²) in [7, 11) is 0. The summed E-state index contributed by atoms with van der Waals surface area (Å²) in [5, 5.41) is 7.32. The van der Waals surface area contributed by atoms with Crippen LogP contribution in [0.15, 0.2) is 35.2 Å². The van der Waals surface area contributed by atoms with Gasteiger partial charge in [0.05, 0.1) is 5.69 Å². The van der Waals surface area contributed by atoms with Gasteiger partial charge in [0.2, 0.25) is 0 Å². The van der Waals surface area contributed by atoms with E-state index < -0.39 is 0 Å². The zero-order valence-electron chi connectivity index (χ0n) is 12.2. The van der Waals surface area contributed by atoms with E-state index in [9.17, 15) is 4.79 Å². The summed E-state index contributed by atoms with van der Waals surface area (Å²) in [6.45, 7) is 6.00. The Bertz CT molecular complexity index is 619. The van der Waals surface area contributed by atoms with Crippen molar-refractivity contribution in [3.63, 3.8) is 0 Å². The molecule has 0 atom stereocenters. The van der Waals surface area contributed by atoms with E-state index >= 15 is 0 Å². The summed E-state index contributed by atoms with van der Waals surface area (Å²) < 4.78 is 1.83. The van der Waals surface area contributed by atoms with Gasteiger partial charge in [-0.15, -0.1) is 11.8 Å². The normalized spacial score (nSPS) is 10.8. The molecule has 2 aromatic rings. The fraction of sp³-hybridized carbons (Fsp3) is 0.333. The lowest BCUT2D eigenvalue weighted by molar-refractivity contribution is 0.102. The lowest BCUT2D eigenvalue weighted by atomic mass is 10.2. The number of aryl methyl sites for hydroxylation is 1. The molecule has 0 aliphatic heterocycles. The second kappa shape index (κ2) is 6.13. The van der Waals surface area contributed by atoms with Crippen LogP contribution in [-0.2, 0) is 0 Å². The number of rotatable bonds is 4. The second-order valence-electron chi connectivity index (χ2n) is 4.90. The predicted octanol–water partition coefficient (Wildman–Crippen LogP) is 3.75. The molecular formula is C15H19N3OS. The fourth-order valence-electron chi connectivity index (χ4n) is 1.96. The third-order valence-electron chi connectivity index (χ3n) is 2.92. The molecule has 0 saturated heterocycles. The largest absolute Gasteiger partial charge is 0.307 e. The molecule has 0 bridgehead atoms. The maximum atomic E-state index is 12.3. The Morgan fingerprint density at radius 2 is 2.10 bits per heavy atom. The molecule has 0 aliphatic carbocycles. The number of benzene rings is 1. The molecule has 1 aromatic carbocycles. The van der Waals surface area contributed by atoms with Gasteiger partial charge in [-0.2, -0.15) is 5.10 Å². The number of nitrogens with zero attached hydrogens (tertiary/aromatic N) is 2. The van der Waals surface area contributed by atoms with Crippen LogP contribution in [0.3, 0.4) is 0 Å². The highest BCUT2D eigenvalue weighted by atomic mass is 32.2. The minimum absolute atomic E-state index is 0.109. The van der Waals surface area contributed by atoms with E-state index in [4.69, 9.17) is 0 Å². The van der Waals surface area contributed by atoms with Crippen molar-refractivity contribution < 1.29 is 4.79 Å². The van der Waals surface area contributed by atoms with Crippen molar-refractivity contribution in [3.8, 4) is 0 Å². The van der Waals surface area contributed by atoms with Crippen molar-refractivity contribution in [2.24, 2.45) is 0 Å². The van der Waals surface area contributed by atoms with Crippen molar-refractivity contribution >= 4 is 23.5 Å². The number of aromatic nitrogens is 2. The van der Waals surface area contributed by atoms with Crippen molar-refractivity contribution in [2.45, 2.75) is 31.7 Å². The minimum atomic E-state index is -0.109. The minimum Gasteiger partial charge on any atom is -0.307 e. The first kappa shape index (κ1) is 14.7. The molecule has 0 fully saturated rings. The van der Waals surface area contributed by atoms with E-state index in [2.05, 4.69) is 10.4 Å². The highest BCUT2D eigenvalue weighted by Crippen LogP contribution is 2.19. The summed E-state index contributed by atoms with van der Waals surface area (Å²) in [4.78, 5) is 13.4. The quantitative estimate of drug-likeness (QED) is 0.872. The maximum absolute atomic E-state index is 12.3. The first-order valence-electron chi connectivity index (χ1n) is 6.53. The van der Waals surface area contributed by atoms with Gasteiger partial charge in [-0.3, -0.25) is 4.79 Å². The number of amides is 1. The molecule has 0 saturated carbocycles. The predicted molar refractivity (Wildman–Crippen MR) is 83.5 cm³/mol. The van der Waals surface area contributed by atoms with Gasteiger partial charge < -0.3 is 5.32 Å². The highest BCUT2D eigenvalue weighted by molar-refractivity contribution is 7.98. The van der Waals surface area contributed by atoms with Crippen LogP contribution in [-0.4, -0.2) is 21.9 Å². The second-order valence-corrected chi connectivity index (χ2v) is 5.78.